The highest BCUT2D eigenvalue weighted by Gasteiger charge is 2.33. The predicted octanol–water partition coefficient (Wildman–Crippen LogP) is 3.69. The molecule has 0 aromatic heterocycles. The van der Waals surface area contributed by atoms with Gasteiger partial charge in [0.05, 0.1) is 18.8 Å². The monoisotopic (exact) mass is 411 g/mol. The Morgan fingerprint density at radius 2 is 1.82 bits per heavy atom. The molecule has 0 aliphatic carbocycles. The van der Waals surface area contributed by atoms with Gasteiger partial charge in [-0.1, -0.05) is 11.6 Å². The van der Waals surface area contributed by atoms with Gasteiger partial charge in [-0.15, -0.1) is 0 Å². The van der Waals surface area contributed by atoms with Crippen LogP contribution in [0.15, 0.2) is 24.3 Å². The second-order valence-electron chi connectivity index (χ2n) is 8.09. The van der Waals surface area contributed by atoms with Crippen LogP contribution in [0.4, 0.5) is 4.79 Å². The second kappa shape index (κ2) is 10.9. The van der Waals surface area contributed by atoms with Gasteiger partial charge in [-0.25, -0.2) is 4.79 Å². The van der Waals surface area contributed by atoms with Gasteiger partial charge in [0, 0.05) is 36.7 Å². The molecule has 0 spiro atoms. The number of carbonyl (C=O) groups excluding carboxylic acids is 1. The van der Waals surface area contributed by atoms with Crippen LogP contribution in [0.1, 0.15) is 40.5 Å². The topological polar surface area (TPSA) is 62.8 Å². The number of urea groups is 1. The molecule has 0 bridgehead atoms. The van der Waals surface area contributed by atoms with Crippen molar-refractivity contribution in [2.45, 2.75) is 58.3 Å². The van der Waals surface area contributed by atoms with Crippen molar-refractivity contribution in [2.24, 2.45) is 0 Å². The lowest BCUT2D eigenvalue weighted by Crippen LogP contribution is -2.59. The van der Waals surface area contributed by atoms with Crippen molar-refractivity contribution in [3.63, 3.8) is 0 Å². The first-order valence-corrected chi connectivity index (χ1v) is 10.4. The smallest absolute Gasteiger partial charge is 0.314 e. The van der Waals surface area contributed by atoms with Gasteiger partial charge in [0.1, 0.15) is 5.75 Å². The highest BCUT2D eigenvalue weighted by atomic mass is 35.5. The van der Waals surface area contributed by atoms with Crippen LogP contribution in [0.25, 0.3) is 0 Å². The molecular weight excluding hydrogens is 378 g/mol. The zero-order valence-electron chi connectivity index (χ0n) is 17.5. The number of halogens is 1. The van der Waals surface area contributed by atoms with Gasteiger partial charge in [0.25, 0.3) is 0 Å². The molecule has 2 rings (SSSR count). The molecule has 7 heteroatoms. The molecule has 1 aliphatic heterocycles. The molecule has 1 aromatic carbocycles. The number of hydrogen-bond donors (Lipinski definition) is 2. The Kier molecular flexibility index (Phi) is 8.86. The summed E-state index contributed by atoms with van der Waals surface area (Å²) >= 11 is 5.84. The minimum Gasteiger partial charge on any atom is -0.494 e. The van der Waals surface area contributed by atoms with Crippen LogP contribution in [0.5, 0.6) is 5.75 Å². The molecule has 1 saturated heterocycles. The molecule has 1 aliphatic rings. The van der Waals surface area contributed by atoms with Crippen LogP contribution in [-0.4, -0.2) is 61.5 Å². The maximum Gasteiger partial charge on any atom is 0.314 e. The summed E-state index contributed by atoms with van der Waals surface area (Å²) < 4.78 is 11.4. The van der Waals surface area contributed by atoms with Crippen molar-refractivity contribution in [2.75, 3.05) is 32.8 Å². The van der Waals surface area contributed by atoms with Crippen molar-refractivity contribution in [3.05, 3.63) is 29.3 Å². The normalized spacial score (nSPS) is 20.6. The molecule has 2 N–H and O–H groups in total. The van der Waals surface area contributed by atoms with E-state index in [0.717, 1.165) is 31.7 Å². The van der Waals surface area contributed by atoms with Crippen LogP contribution >= 0.6 is 11.6 Å². The first-order valence-electron chi connectivity index (χ1n) is 10.1. The number of nitrogens with one attached hydrogen (secondary N) is 2. The Morgan fingerprint density at radius 1 is 1.18 bits per heavy atom. The van der Waals surface area contributed by atoms with E-state index in [1.807, 2.05) is 24.3 Å². The lowest BCUT2D eigenvalue weighted by Gasteiger charge is -2.45. The van der Waals surface area contributed by atoms with Gasteiger partial charge in [-0.05, 0) is 64.8 Å². The Bertz CT molecular complexity index is 599. The molecule has 2 atom stereocenters. The summed E-state index contributed by atoms with van der Waals surface area (Å²) in [6, 6.07) is 7.20. The van der Waals surface area contributed by atoms with E-state index >= 15 is 0 Å². The van der Waals surface area contributed by atoms with E-state index in [9.17, 15) is 4.79 Å². The van der Waals surface area contributed by atoms with E-state index in [2.05, 4.69) is 43.2 Å². The summed E-state index contributed by atoms with van der Waals surface area (Å²) in [7, 11) is 0. The number of rotatable bonds is 9. The second-order valence-corrected chi connectivity index (χ2v) is 8.53. The third-order valence-corrected chi connectivity index (χ3v) is 5.15. The molecule has 28 heavy (non-hydrogen) atoms. The summed E-state index contributed by atoms with van der Waals surface area (Å²) in [4.78, 5) is 14.5. The summed E-state index contributed by atoms with van der Waals surface area (Å²) in [5.41, 5.74) is -0.115. The fourth-order valence-electron chi connectivity index (χ4n) is 3.29. The minimum atomic E-state index is -0.124. The van der Waals surface area contributed by atoms with Gasteiger partial charge >= 0.3 is 6.03 Å². The van der Waals surface area contributed by atoms with E-state index in [1.165, 1.54) is 0 Å². The van der Waals surface area contributed by atoms with Crippen LogP contribution < -0.4 is 15.4 Å². The number of ether oxygens (including phenoxy) is 2. The predicted molar refractivity (Wildman–Crippen MR) is 113 cm³/mol. The molecule has 0 saturated carbocycles. The van der Waals surface area contributed by atoms with Gasteiger partial charge in [-0.3, -0.25) is 4.90 Å². The number of unbranched alkanes of at least 4 members (excludes halogenated alkanes) is 1. The Balaban J connectivity index is 1.57. The molecule has 2 amide bonds. The van der Waals surface area contributed by atoms with E-state index in [0.29, 0.717) is 24.7 Å². The van der Waals surface area contributed by atoms with Crippen molar-refractivity contribution >= 4 is 17.6 Å². The third kappa shape index (κ3) is 7.86. The van der Waals surface area contributed by atoms with Gasteiger partial charge in [-0.2, -0.15) is 0 Å². The van der Waals surface area contributed by atoms with Crippen LogP contribution in [0.3, 0.4) is 0 Å². The van der Waals surface area contributed by atoms with Gasteiger partial charge in [0.2, 0.25) is 0 Å². The first-order chi connectivity index (χ1) is 13.3. The summed E-state index contributed by atoms with van der Waals surface area (Å²) in [5.74, 6) is 0.809. The summed E-state index contributed by atoms with van der Waals surface area (Å²) in [6.07, 6.45) is 2.17. The zero-order valence-corrected chi connectivity index (χ0v) is 18.2. The average molecular weight is 412 g/mol. The van der Waals surface area contributed by atoms with Crippen LogP contribution in [0.2, 0.25) is 5.02 Å². The maximum absolute atomic E-state index is 12.1. The largest absolute Gasteiger partial charge is 0.494 e. The van der Waals surface area contributed by atoms with E-state index in [-0.39, 0.29) is 23.8 Å². The fourth-order valence-corrected chi connectivity index (χ4v) is 3.42. The zero-order chi connectivity index (χ0) is 20.6. The number of carbonyl (C=O) groups is 1. The summed E-state index contributed by atoms with van der Waals surface area (Å²) in [6.45, 7) is 12.1. The van der Waals surface area contributed by atoms with Crippen molar-refractivity contribution in [3.8, 4) is 5.75 Å². The lowest BCUT2D eigenvalue weighted by atomic mass is 10.00. The Morgan fingerprint density at radius 3 is 2.46 bits per heavy atom. The van der Waals surface area contributed by atoms with Crippen molar-refractivity contribution < 1.29 is 14.3 Å². The third-order valence-electron chi connectivity index (χ3n) is 4.90. The highest BCUT2D eigenvalue weighted by Crippen LogP contribution is 2.20. The first kappa shape index (κ1) is 22.8. The SMILES string of the molecule is C[C@@H]1CN(C(C)(C)CNC(=O)NCCCCOc2ccc(Cl)cc2)C[C@H](C)O1. The van der Waals surface area contributed by atoms with Crippen molar-refractivity contribution in [1.29, 1.82) is 0 Å². The van der Waals surface area contributed by atoms with E-state index in [1.54, 1.807) is 0 Å². The summed E-state index contributed by atoms with van der Waals surface area (Å²) in [5, 5.41) is 6.61. The minimum absolute atomic E-state index is 0.115. The van der Waals surface area contributed by atoms with E-state index in [4.69, 9.17) is 21.1 Å². The van der Waals surface area contributed by atoms with Crippen LogP contribution in [-0.2, 0) is 4.74 Å². The lowest BCUT2D eigenvalue weighted by molar-refractivity contribution is -0.0947. The van der Waals surface area contributed by atoms with E-state index < -0.39 is 0 Å². The quantitative estimate of drug-likeness (QED) is 0.608. The molecule has 158 valence electrons. The van der Waals surface area contributed by atoms with Crippen molar-refractivity contribution in [1.82, 2.24) is 15.5 Å². The number of benzene rings is 1. The number of hydrogen-bond acceptors (Lipinski definition) is 4. The molecule has 6 nitrogen and oxygen atoms in total. The Labute approximate surface area is 173 Å². The van der Waals surface area contributed by atoms with Crippen LogP contribution in [0, 0.1) is 0 Å². The number of amides is 2. The molecule has 1 heterocycles. The van der Waals surface area contributed by atoms with Gasteiger partial charge < -0.3 is 20.1 Å². The molecule has 1 fully saturated rings. The molecule has 0 unspecified atom stereocenters. The number of morpholine rings is 1. The Hall–Kier alpha value is -1.50. The fraction of sp³-hybridized carbons (Fsp3) is 0.667. The van der Waals surface area contributed by atoms with Gasteiger partial charge in [0.15, 0.2) is 0 Å². The molecule has 0 radical (unpaired) electrons. The molecular formula is C21H34ClN3O3. The highest BCUT2D eigenvalue weighted by molar-refractivity contribution is 6.30. The number of nitrogens with zero attached hydrogens (tertiary/aromatic N) is 1. The maximum atomic E-state index is 12.1. The average Bonchev–Trinajstić information content (AvgIpc) is 2.63. The standard InChI is InChI=1S/C21H34ClN3O3/c1-16-13-25(14-17(2)28-16)21(3,4)15-24-20(26)23-11-5-6-12-27-19-9-7-18(22)8-10-19/h7-10,16-17H,5-6,11-15H2,1-4H3,(H2,23,24,26)/t16-,17+. The molecule has 1 aromatic rings.